The first-order valence-corrected chi connectivity index (χ1v) is 14.4. The van der Waals surface area contributed by atoms with Gasteiger partial charge in [-0.05, 0) is 87.0 Å². The second kappa shape index (κ2) is 11.8. The van der Waals surface area contributed by atoms with Crippen molar-refractivity contribution in [3.8, 4) is 0 Å². The number of nitrogens with zero attached hydrogens (tertiary/aromatic N) is 2. The topological polar surface area (TPSA) is 32.8 Å². The fourth-order valence-electron chi connectivity index (χ4n) is 5.90. The van der Waals surface area contributed by atoms with Crippen LogP contribution in [0.1, 0.15) is 55.7 Å². The number of thioether (sulfide) groups is 1. The molecule has 0 N–H and O–H groups in total. The Morgan fingerprint density at radius 1 is 0.971 bits per heavy atom. The third-order valence-electron chi connectivity index (χ3n) is 7.71. The van der Waals surface area contributed by atoms with Crippen LogP contribution in [0.25, 0.3) is 5.57 Å². The minimum atomic E-state index is -0.00569. The number of esters is 1. The van der Waals surface area contributed by atoms with Crippen molar-refractivity contribution < 1.29 is 9.53 Å². The summed E-state index contributed by atoms with van der Waals surface area (Å²) in [4.78, 5) is 18.7. The maximum Gasteiger partial charge on any atom is 0.310 e. The van der Waals surface area contributed by atoms with E-state index in [1.165, 1.54) is 33.6 Å². The summed E-state index contributed by atoms with van der Waals surface area (Å²) in [5, 5.41) is 0. The lowest BCUT2D eigenvalue weighted by Gasteiger charge is -2.33. The van der Waals surface area contributed by atoms with Crippen LogP contribution in [0.3, 0.4) is 0 Å². The number of fused-ring (bicyclic) bond motifs is 2. The number of carbonyl (C=O) groups is 1. The van der Waals surface area contributed by atoms with Crippen molar-refractivity contribution in [3.05, 3.63) is 70.8 Å². The quantitative estimate of drug-likeness (QED) is 0.474. The molecule has 3 aliphatic heterocycles. The van der Waals surface area contributed by atoms with Crippen LogP contribution in [-0.2, 0) is 15.3 Å². The van der Waals surface area contributed by atoms with E-state index in [1.807, 2.05) is 18.7 Å². The molecule has 3 heterocycles. The lowest BCUT2D eigenvalue weighted by molar-refractivity contribution is -0.149. The highest BCUT2D eigenvalue weighted by Crippen LogP contribution is 2.43. The number of likely N-dealkylation sites (tertiary alicyclic amines) is 2. The first-order chi connectivity index (χ1) is 17.2. The number of piperidine rings is 2. The Bertz CT molecular complexity index is 1010. The van der Waals surface area contributed by atoms with E-state index in [4.69, 9.17) is 4.74 Å². The van der Waals surface area contributed by atoms with Crippen molar-refractivity contribution in [3.63, 3.8) is 0 Å². The standard InChI is InChI=1S/C30H38N2O2S/c1-2-34-30(33)24-10-7-16-32(21-24)18-8-17-31-19-14-23(15-20-31)29-26-11-4-3-9-25(26)22-35-28-13-6-5-12-27(28)29/h3-6,9,11-13,24H,2,7-8,10,14-22H2,1H3. The highest BCUT2D eigenvalue weighted by molar-refractivity contribution is 7.98. The Morgan fingerprint density at radius 3 is 2.54 bits per heavy atom. The molecule has 2 aromatic rings. The van der Waals surface area contributed by atoms with Crippen LogP contribution in [0.2, 0.25) is 0 Å². The molecule has 186 valence electrons. The second-order valence-electron chi connectivity index (χ2n) is 10.0. The van der Waals surface area contributed by atoms with Gasteiger partial charge in [0.25, 0.3) is 0 Å². The number of carbonyl (C=O) groups excluding carboxylic acids is 1. The first-order valence-electron chi connectivity index (χ1n) is 13.4. The van der Waals surface area contributed by atoms with Gasteiger partial charge < -0.3 is 14.5 Å². The molecule has 1 atom stereocenters. The van der Waals surface area contributed by atoms with Gasteiger partial charge in [-0.1, -0.05) is 48.0 Å². The number of hydrogen-bond donors (Lipinski definition) is 0. The van der Waals surface area contributed by atoms with Crippen LogP contribution in [0.15, 0.2) is 59.0 Å². The Labute approximate surface area is 214 Å². The van der Waals surface area contributed by atoms with Gasteiger partial charge >= 0.3 is 5.97 Å². The van der Waals surface area contributed by atoms with Crippen LogP contribution in [-0.4, -0.2) is 61.6 Å². The lowest BCUT2D eigenvalue weighted by Crippen LogP contribution is -2.41. The molecule has 2 fully saturated rings. The van der Waals surface area contributed by atoms with E-state index in [9.17, 15) is 4.79 Å². The SMILES string of the molecule is CCOC(=O)C1CCCN(CCCN2CCC(=C3c4ccccc4CSc4ccccc43)CC2)C1. The number of hydrogen-bond acceptors (Lipinski definition) is 5. The smallest absolute Gasteiger partial charge is 0.310 e. The van der Waals surface area contributed by atoms with Gasteiger partial charge in [0.15, 0.2) is 0 Å². The van der Waals surface area contributed by atoms with Crippen LogP contribution in [0.5, 0.6) is 0 Å². The van der Waals surface area contributed by atoms with Gasteiger partial charge in [0.1, 0.15) is 0 Å². The van der Waals surface area contributed by atoms with Crippen LogP contribution in [0, 0.1) is 5.92 Å². The maximum absolute atomic E-state index is 12.1. The van der Waals surface area contributed by atoms with Crippen molar-refractivity contribution in [2.45, 2.75) is 49.7 Å². The van der Waals surface area contributed by atoms with Gasteiger partial charge in [-0.25, -0.2) is 0 Å². The summed E-state index contributed by atoms with van der Waals surface area (Å²) in [5.74, 6) is 1.11. The molecule has 35 heavy (non-hydrogen) atoms. The van der Waals surface area contributed by atoms with Gasteiger partial charge in [0.2, 0.25) is 0 Å². The zero-order chi connectivity index (χ0) is 24.0. The van der Waals surface area contributed by atoms with E-state index >= 15 is 0 Å². The normalized spacial score (nSPS) is 21.2. The third-order valence-corrected chi connectivity index (χ3v) is 8.84. The summed E-state index contributed by atoms with van der Waals surface area (Å²) in [6.07, 6.45) is 5.55. The Hall–Kier alpha value is -2.08. The predicted octanol–water partition coefficient (Wildman–Crippen LogP) is 5.86. The molecule has 1 unspecified atom stereocenters. The van der Waals surface area contributed by atoms with Gasteiger partial charge in [0.05, 0.1) is 12.5 Å². The average Bonchev–Trinajstić information content (AvgIpc) is 3.07. The van der Waals surface area contributed by atoms with Gasteiger partial charge in [-0.2, -0.15) is 0 Å². The number of ether oxygens (including phenoxy) is 1. The molecular formula is C30H38N2O2S. The van der Waals surface area contributed by atoms with Crippen LogP contribution >= 0.6 is 11.8 Å². The molecule has 0 radical (unpaired) electrons. The number of rotatable bonds is 6. The maximum atomic E-state index is 12.1. The highest BCUT2D eigenvalue weighted by Gasteiger charge is 2.27. The summed E-state index contributed by atoms with van der Waals surface area (Å²) < 4.78 is 5.26. The fourth-order valence-corrected chi connectivity index (χ4v) is 6.96. The number of benzene rings is 2. The molecule has 0 saturated carbocycles. The summed E-state index contributed by atoms with van der Waals surface area (Å²) in [5.41, 5.74) is 7.44. The summed E-state index contributed by atoms with van der Waals surface area (Å²) in [6, 6.07) is 18.0. The Kier molecular flexibility index (Phi) is 8.27. The van der Waals surface area contributed by atoms with E-state index in [1.54, 1.807) is 5.57 Å². The van der Waals surface area contributed by atoms with Crippen molar-refractivity contribution in [1.29, 1.82) is 0 Å². The minimum Gasteiger partial charge on any atom is -0.466 e. The Morgan fingerprint density at radius 2 is 1.71 bits per heavy atom. The molecule has 0 spiro atoms. The van der Waals surface area contributed by atoms with Gasteiger partial charge in [-0.15, -0.1) is 11.8 Å². The molecule has 0 amide bonds. The predicted molar refractivity (Wildman–Crippen MR) is 145 cm³/mol. The largest absolute Gasteiger partial charge is 0.466 e. The molecule has 2 aromatic carbocycles. The first kappa shape index (κ1) is 24.6. The minimum absolute atomic E-state index is 0.00569. The molecular weight excluding hydrogens is 452 g/mol. The zero-order valence-electron chi connectivity index (χ0n) is 21.0. The van der Waals surface area contributed by atoms with E-state index in [-0.39, 0.29) is 11.9 Å². The van der Waals surface area contributed by atoms with Crippen molar-refractivity contribution in [2.24, 2.45) is 5.92 Å². The van der Waals surface area contributed by atoms with E-state index in [2.05, 4.69) is 58.3 Å². The second-order valence-corrected chi connectivity index (χ2v) is 11.0. The van der Waals surface area contributed by atoms with Crippen LogP contribution < -0.4 is 0 Å². The molecule has 0 bridgehead atoms. The fraction of sp³-hybridized carbons (Fsp3) is 0.500. The molecule has 5 heteroatoms. The van der Waals surface area contributed by atoms with E-state index < -0.39 is 0 Å². The molecule has 0 aliphatic carbocycles. The molecule has 2 saturated heterocycles. The summed E-state index contributed by atoms with van der Waals surface area (Å²) in [7, 11) is 0. The Balaban J connectivity index is 1.20. The molecule has 3 aliphatic rings. The van der Waals surface area contributed by atoms with Gasteiger partial charge in [0, 0.05) is 30.3 Å². The molecule has 4 nitrogen and oxygen atoms in total. The third kappa shape index (κ3) is 5.84. The van der Waals surface area contributed by atoms with Gasteiger partial charge in [-0.3, -0.25) is 4.79 Å². The van der Waals surface area contributed by atoms with Crippen LogP contribution in [0.4, 0.5) is 0 Å². The summed E-state index contributed by atoms with van der Waals surface area (Å²) >= 11 is 1.97. The average molecular weight is 491 g/mol. The zero-order valence-corrected chi connectivity index (χ0v) is 21.8. The highest BCUT2D eigenvalue weighted by atomic mass is 32.2. The summed E-state index contributed by atoms with van der Waals surface area (Å²) in [6.45, 7) is 8.87. The van der Waals surface area contributed by atoms with E-state index in [0.717, 1.165) is 70.7 Å². The molecule has 0 aromatic heterocycles. The monoisotopic (exact) mass is 490 g/mol. The lowest BCUT2D eigenvalue weighted by atomic mass is 9.86. The van der Waals surface area contributed by atoms with Crippen molar-refractivity contribution in [2.75, 3.05) is 45.9 Å². The van der Waals surface area contributed by atoms with Crippen molar-refractivity contribution >= 4 is 23.3 Å². The van der Waals surface area contributed by atoms with Crippen molar-refractivity contribution in [1.82, 2.24) is 9.80 Å². The van der Waals surface area contributed by atoms with E-state index in [0.29, 0.717) is 6.61 Å². The molecule has 5 rings (SSSR count).